The predicted octanol–water partition coefficient (Wildman–Crippen LogP) is 2.66. The molecule has 0 spiro atoms. The normalized spacial score (nSPS) is 22.6. The van der Waals surface area contributed by atoms with Gasteiger partial charge >= 0.3 is 0 Å². The van der Waals surface area contributed by atoms with Crippen molar-refractivity contribution in [3.05, 3.63) is 34.7 Å². The second-order valence-electron chi connectivity index (χ2n) is 6.40. The van der Waals surface area contributed by atoms with Gasteiger partial charge in [0.2, 0.25) is 0 Å². The number of imidazole rings is 1. The smallest absolute Gasteiger partial charge is 0.124 e. The molecule has 1 aliphatic heterocycles. The highest BCUT2D eigenvalue weighted by Crippen LogP contribution is 2.33. The van der Waals surface area contributed by atoms with E-state index in [1.807, 2.05) is 6.20 Å². The van der Waals surface area contributed by atoms with Crippen LogP contribution < -0.4 is 0 Å². The first-order valence-electron chi connectivity index (χ1n) is 8.12. The molecule has 5 heteroatoms. The molecule has 0 saturated carbocycles. The van der Waals surface area contributed by atoms with Crippen LogP contribution in [-0.2, 0) is 19.4 Å². The van der Waals surface area contributed by atoms with Gasteiger partial charge in [-0.05, 0) is 52.0 Å². The molecule has 21 heavy (non-hydrogen) atoms. The molecule has 0 amide bonds. The third-order valence-electron chi connectivity index (χ3n) is 4.96. The summed E-state index contributed by atoms with van der Waals surface area (Å²) in [5.41, 5.74) is 5.20. The van der Waals surface area contributed by atoms with Crippen LogP contribution in [0.3, 0.4) is 0 Å². The first kappa shape index (κ1) is 13.1. The molecule has 0 bridgehead atoms. The van der Waals surface area contributed by atoms with Crippen molar-refractivity contribution in [2.24, 2.45) is 0 Å². The van der Waals surface area contributed by atoms with Crippen LogP contribution in [0.4, 0.5) is 0 Å². The van der Waals surface area contributed by atoms with Crippen LogP contribution in [-0.4, -0.2) is 31.6 Å². The fourth-order valence-corrected chi connectivity index (χ4v) is 3.71. The first-order valence-corrected chi connectivity index (χ1v) is 8.12. The summed E-state index contributed by atoms with van der Waals surface area (Å²) < 4.78 is 0. The molecule has 0 radical (unpaired) electrons. The Balaban J connectivity index is 1.56. The average Bonchev–Trinajstić information content (AvgIpc) is 3.19. The van der Waals surface area contributed by atoms with Gasteiger partial charge in [-0.2, -0.15) is 5.10 Å². The van der Waals surface area contributed by atoms with E-state index >= 15 is 0 Å². The van der Waals surface area contributed by atoms with Gasteiger partial charge in [0.15, 0.2) is 0 Å². The fourth-order valence-electron chi connectivity index (χ4n) is 3.71. The summed E-state index contributed by atoms with van der Waals surface area (Å²) in [5.74, 6) is 1.19. The molecule has 3 heterocycles. The topological polar surface area (TPSA) is 60.6 Å². The van der Waals surface area contributed by atoms with Crippen LogP contribution in [0, 0.1) is 6.92 Å². The SMILES string of the molecule is Cc1[nH]ncc1CN1CCC[C@H]1c1nc2c([nH]1)CCCC2. The lowest BCUT2D eigenvalue weighted by Crippen LogP contribution is -2.23. The van der Waals surface area contributed by atoms with Crippen molar-refractivity contribution < 1.29 is 0 Å². The molecule has 1 atom stereocenters. The van der Waals surface area contributed by atoms with Gasteiger partial charge in [0.05, 0.1) is 17.9 Å². The zero-order valence-corrected chi connectivity index (χ0v) is 12.7. The van der Waals surface area contributed by atoms with Crippen molar-refractivity contribution in [3.8, 4) is 0 Å². The van der Waals surface area contributed by atoms with Gasteiger partial charge < -0.3 is 4.98 Å². The van der Waals surface area contributed by atoms with Crippen LogP contribution >= 0.6 is 0 Å². The molecule has 0 unspecified atom stereocenters. The van der Waals surface area contributed by atoms with Crippen LogP contribution in [0.15, 0.2) is 6.20 Å². The van der Waals surface area contributed by atoms with Crippen molar-refractivity contribution in [1.29, 1.82) is 0 Å². The summed E-state index contributed by atoms with van der Waals surface area (Å²) in [6.45, 7) is 4.22. The number of rotatable bonds is 3. The molecule has 2 aromatic rings. The Hall–Kier alpha value is -1.62. The maximum atomic E-state index is 4.91. The molecule has 1 aliphatic carbocycles. The zero-order valence-electron chi connectivity index (χ0n) is 12.7. The summed E-state index contributed by atoms with van der Waals surface area (Å²) in [5, 5.41) is 7.18. The standard InChI is InChI=1S/C16H23N5/c1-11-12(9-17-20-11)10-21-8-4-7-15(21)16-18-13-5-2-3-6-14(13)19-16/h9,15H,2-8,10H2,1H3,(H,17,20)(H,18,19)/t15-/m0/s1. The van der Waals surface area contributed by atoms with Crippen molar-refractivity contribution in [3.63, 3.8) is 0 Å². The Morgan fingerprint density at radius 3 is 3.00 bits per heavy atom. The van der Waals surface area contributed by atoms with Crippen molar-refractivity contribution >= 4 is 0 Å². The molecule has 112 valence electrons. The second-order valence-corrected chi connectivity index (χ2v) is 6.40. The van der Waals surface area contributed by atoms with Crippen molar-refractivity contribution in [2.75, 3.05) is 6.54 Å². The van der Waals surface area contributed by atoms with Gasteiger partial charge in [-0.3, -0.25) is 10.00 Å². The number of hydrogen-bond acceptors (Lipinski definition) is 3. The Kier molecular flexibility index (Phi) is 3.30. The van der Waals surface area contributed by atoms with Crippen molar-refractivity contribution in [1.82, 2.24) is 25.1 Å². The van der Waals surface area contributed by atoms with E-state index < -0.39 is 0 Å². The Bertz CT molecular complexity index is 603. The first-order chi connectivity index (χ1) is 10.3. The number of aromatic amines is 2. The van der Waals surface area contributed by atoms with Gasteiger partial charge in [0.1, 0.15) is 5.82 Å². The molecular weight excluding hydrogens is 262 g/mol. The van der Waals surface area contributed by atoms with E-state index in [0.29, 0.717) is 6.04 Å². The van der Waals surface area contributed by atoms with E-state index in [1.165, 1.54) is 60.6 Å². The minimum absolute atomic E-state index is 0.449. The molecule has 4 rings (SSSR count). The van der Waals surface area contributed by atoms with Crippen LogP contribution in [0.1, 0.15) is 60.2 Å². The fraction of sp³-hybridized carbons (Fsp3) is 0.625. The summed E-state index contributed by atoms with van der Waals surface area (Å²) in [4.78, 5) is 11.1. The lowest BCUT2D eigenvalue weighted by molar-refractivity contribution is 0.240. The number of nitrogens with zero attached hydrogens (tertiary/aromatic N) is 3. The van der Waals surface area contributed by atoms with E-state index in [0.717, 1.165) is 19.5 Å². The largest absolute Gasteiger partial charge is 0.344 e. The Labute approximate surface area is 125 Å². The van der Waals surface area contributed by atoms with E-state index in [2.05, 4.69) is 27.0 Å². The molecule has 2 aliphatic rings. The van der Waals surface area contributed by atoms with Gasteiger partial charge in [-0.1, -0.05) is 0 Å². The number of H-pyrrole nitrogens is 2. The number of aryl methyl sites for hydroxylation is 3. The average molecular weight is 285 g/mol. The minimum Gasteiger partial charge on any atom is -0.344 e. The van der Waals surface area contributed by atoms with Crippen LogP contribution in [0.2, 0.25) is 0 Å². The summed E-state index contributed by atoms with van der Waals surface area (Å²) >= 11 is 0. The summed E-state index contributed by atoms with van der Waals surface area (Å²) in [7, 11) is 0. The quantitative estimate of drug-likeness (QED) is 0.911. The highest BCUT2D eigenvalue weighted by atomic mass is 15.2. The van der Waals surface area contributed by atoms with Crippen LogP contribution in [0.25, 0.3) is 0 Å². The third kappa shape index (κ3) is 2.39. The molecule has 2 aromatic heterocycles. The molecular formula is C16H23N5. The summed E-state index contributed by atoms with van der Waals surface area (Å²) in [6.07, 6.45) is 9.35. The van der Waals surface area contributed by atoms with Gasteiger partial charge in [-0.25, -0.2) is 4.98 Å². The van der Waals surface area contributed by atoms with E-state index in [4.69, 9.17) is 4.98 Å². The monoisotopic (exact) mass is 285 g/mol. The Morgan fingerprint density at radius 1 is 1.29 bits per heavy atom. The van der Waals surface area contributed by atoms with E-state index in [1.54, 1.807) is 0 Å². The molecule has 5 nitrogen and oxygen atoms in total. The Morgan fingerprint density at radius 2 is 2.19 bits per heavy atom. The van der Waals surface area contributed by atoms with Gasteiger partial charge in [0.25, 0.3) is 0 Å². The highest BCUT2D eigenvalue weighted by Gasteiger charge is 2.30. The predicted molar refractivity (Wildman–Crippen MR) is 80.9 cm³/mol. The van der Waals surface area contributed by atoms with Crippen LogP contribution in [0.5, 0.6) is 0 Å². The van der Waals surface area contributed by atoms with Gasteiger partial charge in [-0.15, -0.1) is 0 Å². The number of aromatic nitrogens is 4. The van der Waals surface area contributed by atoms with E-state index in [-0.39, 0.29) is 0 Å². The molecule has 1 saturated heterocycles. The molecule has 2 N–H and O–H groups in total. The zero-order chi connectivity index (χ0) is 14.2. The van der Waals surface area contributed by atoms with E-state index in [9.17, 15) is 0 Å². The third-order valence-corrected chi connectivity index (χ3v) is 4.96. The molecule has 1 fully saturated rings. The van der Waals surface area contributed by atoms with Crippen molar-refractivity contribution in [2.45, 2.75) is 58.0 Å². The maximum absolute atomic E-state index is 4.91. The second kappa shape index (κ2) is 5.30. The lowest BCUT2D eigenvalue weighted by atomic mass is 10.0. The number of nitrogens with one attached hydrogen (secondary N) is 2. The van der Waals surface area contributed by atoms with Gasteiger partial charge in [0, 0.05) is 23.5 Å². The highest BCUT2D eigenvalue weighted by molar-refractivity contribution is 5.20. The molecule has 0 aromatic carbocycles. The lowest BCUT2D eigenvalue weighted by Gasteiger charge is -2.22. The number of hydrogen-bond donors (Lipinski definition) is 2. The number of likely N-dealkylation sites (tertiary alicyclic amines) is 1. The summed E-state index contributed by atoms with van der Waals surface area (Å²) in [6, 6.07) is 0.449. The number of fused-ring (bicyclic) bond motifs is 1. The maximum Gasteiger partial charge on any atom is 0.124 e. The minimum atomic E-state index is 0.449.